The Hall–Kier alpha value is -0.503. The van der Waals surface area contributed by atoms with Crippen molar-refractivity contribution in [2.75, 3.05) is 0 Å². The second-order valence-corrected chi connectivity index (χ2v) is 14.4. The van der Waals surface area contributed by atoms with Gasteiger partial charge in [0.15, 0.2) is 0 Å². The minimum Gasteiger partial charge on any atom is -0.253 e. The summed E-state index contributed by atoms with van der Waals surface area (Å²) in [4.78, 5) is 0. The maximum Gasteiger partial charge on any atom is 0.313 e. The summed E-state index contributed by atoms with van der Waals surface area (Å²) in [6.07, 6.45) is 0. The molecule has 2 aromatic heterocycles. The molecule has 2 aromatic rings. The highest BCUT2D eigenvalue weighted by Crippen LogP contribution is 2.29. The van der Waals surface area contributed by atoms with E-state index in [0.29, 0.717) is 0 Å². The van der Waals surface area contributed by atoms with Gasteiger partial charge in [0.05, 0.1) is 11.4 Å². The molecule has 0 amide bonds. The molecule has 0 aliphatic carbocycles. The number of hydrogen-bond donors (Lipinski definition) is 0. The summed E-state index contributed by atoms with van der Waals surface area (Å²) in [6, 6.07) is 0. The summed E-state index contributed by atoms with van der Waals surface area (Å²) in [5.74, 6) is 4.47. The van der Waals surface area contributed by atoms with Crippen molar-refractivity contribution in [1.82, 2.24) is 18.4 Å². The van der Waals surface area contributed by atoms with Crippen LogP contribution in [0.1, 0.15) is 52.9 Å². The molecule has 0 atom stereocenters. The minimum atomic E-state index is -1.87. The highest BCUT2D eigenvalue weighted by atomic mass is 31.1. The monoisotopic (exact) mass is 340 g/mol. The lowest BCUT2D eigenvalue weighted by Crippen LogP contribution is -2.44. The zero-order chi connectivity index (χ0) is 16.1. The van der Waals surface area contributed by atoms with Crippen molar-refractivity contribution in [3.63, 3.8) is 0 Å². The Balaban J connectivity index is 2.38. The van der Waals surface area contributed by atoms with Crippen molar-refractivity contribution >= 4 is 25.1 Å². The molecule has 2 rings (SSSR count). The van der Waals surface area contributed by atoms with Gasteiger partial charge in [0.25, 0.3) is 0 Å². The molecule has 0 aromatic carbocycles. The quantitative estimate of drug-likeness (QED) is 0.727. The molecule has 4 nitrogen and oxygen atoms in total. The maximum atomic E-state index is 4.88. The van der Waals surface area contributed by atoms with Gasteiger partial charge in [-0.1, -0.05) is 41.5 Å². The van der Waals surface area contributed by atoms with E-state index in [1.165, 1.54) is 28.1 Å². The first-order valence-corrected chi connectivity index (χ1v) is 12.0. The van der Waals surface area contributed by atoms with Gasteiger partial charge in [0.1, 0.15) is 0 Å². The fourth-order valence-corrected chi connectivity index (χ4v) is 7.62. The number of rotatable bonds is 2. The van der Waals surface area contributed by atoms with Crippen LogP contribution >= 0.6 is 16.7 Å². The third kappa shape index (κ3) is 3.47. The van der Waals surface area contributed by atoms with Crippen LogP contribution in [-0.4, -0.2) is 26.8 Å². The topological polar surface area (TPSA) is 35.6 Å². The van der Waals surface area contributed by atoms with E-state index < -0.39 is 8.40 Å². The third-order valence-electron chi connectivity index (χ3n) is 3.50. The summed E-state index contributed by atoms with van der Waals surface area (Å²) >= 11 is 0. The van der Waals surface area contributed by atoms with E-state index in [4.69, 9.17) is 10.2 Å². The molecular weight excluding hydrogens is 314 g/mol. The Morgan fingerprint density at radius 1 is 0.810 bits per heavy atom. The van der Waals surface area contributed by atoms with Crippen molar-refractivity contribution in [3.8, 4) is 0 Å². The van der Waals surface area contributed by atoms with Crippen LogP contribution < -0.4 is 0 Å². The molecule has 0 aliphatic heterocycles. The highest BCUT2D eigenvalue weighted by Gasteiger charge is 2.32. The number of hydrogen-bond acceptors (Lipinski definition) is 2. The second kappa shape index (κ2) is 5.29. The van der Waals surface area contributed by atoms with Crippen molar-refractivity contribution in [3.05, 3.63) is 23.0 Å². The van der Waals surface area contributed by atoms with E-state index in [1.54, 1.807) is 0 Å². The van der Waals surface area contributed by atoms with Crippen molar-refractivity contribution < 1.29 is 0 Å². The fraction of sp³-hybridized carbons (Fsp3) is 0.714. The average Bonchev–Trinajstić information content (AvgIpc) is 2.97. The molecule has 0 unspecified atom stereocenters. The highest BCUT2D eigenvalue weighted by molar-refractivity contribution is 7.31. The third-order valence-corrected chi connectivity index (χ3v) is 10.6. The zero-order valence-corrected chi connectivity index (χ0v) is 17.1. The molecule has 7 heteroatoms. The predicted octanol–water partition coefficient (Wildman–Crippen LogP) is 4.93. The van der Waals surface area contributed by atoms with Gasteiger partial charge in [-0.15, -0.1) is 0 Å². The van der Waals surface area contributed by atoms with Gasteiger partial charge >= 0.3 is 8.40 Å². The molecule has 0 saturated heterocycles. The number of nitrogens with zero attached hydrogens (tertiary/aromatic N) is 4. The molecule has 0 spiro atoms. The molecule has 21 heavy (non-hydrogen) atoms. The van der Waals surface area contributed by atoms with Gasteiger partial charge in [0.2, 0.25) is 0 Å². The lowest BCUT2D eigenvalue weighted by Gasteiger charge is -2.23. The van der Waals surface area contributed by atoms with E-state index in [9.17, 15) is 0 Å². The normalized spacial score (nSPS) is 14.5. The van der Waals surface area contributed by atoms with Gasteiger partial charge in [-0.2, -0.15) is 10.2 Å². The van der Waals surface area contributed by atoms with Gasteiger partial charge in [-0.3, -0.25) is 8.22 Å². The van der Waals surface area contributed by atoms with E-state index in [2.05, 4.69) is 74.5 Å². The van der Waals surface area contributed by atoms with Gasteiger partial charge < -0.3 is 0 Å². The van der Waals surface area contributed by atoms with Crippen LogP contribution in [0.4, 0.5) is 0 Å². The molecule has 116 valence electrons. The number of aromatic nitrogens is 4. The first-order valence-electron chi connectivity index (χ1n) is 7.29. The Bertz CT molecular complexity index is 578. The molecule has 0 aliphatic rings. The second-order valence-electron chi connectivity index (χ2n) is 8.03. The minimum absolute atomic E-state index is 0.112. The van der Waals surface area contributed by atoms with Crippen molar-refractivity contribution in [2.45, 2.75) is 65.5 Å². The summed E-state index contributed by atoms with van der Waals surface area (Å²) in [6.45, 7) is 17.9. The summed E-state index contributed by atoms with van der Waals surface area (Å²) in [5.41, 5.74) is 2.59. The Kier molecular flexibility index (Phi) is 4.25. The van der Waals surface area contributed by atoms with E-state index >= 15 is 0 Å². The van der Waals surface area contributed by atoms with Gasteiger partial charge in [0, 0.05) is 39.1 Å². The van der Waals surface area contributed by atoms with Gasteiger partial charge in [-0.05, 0) is 13.1 Å². The summed E-state index contributed by atoms with van der Waals surface area (Å²) in [7, 11) is 0.491. The standard InChI is InChI=1S/C14H26N4P2Si/c1-13(2,3)11-9-19-17(15-11)21(7,8)18-16-12(10-20-18)14(4,5)6/h9-10H,1-8H3. The van der Waals surface area contributed by atoms with E-state index in [1.807, 2.05) is 0 Å². The Labute approximate surface area is 132 Å². The summed E-state index contributed by atoms with van der Waals surface area (Å²) in [5, 5.41) is 9.75. The predicted molar refractivity (Wildman–Crippen MR) is 95.2 cm³/mol. The van der Waals surface area contributed by atoms with Crippen molar-refractivity contribution in [1.29, 1.82) is 0 Å². The smallest absolute Gasteiger partial charge is 0.253 e. The van der Waals surface area contributed by atoms with Crippen LogP contribution in [0.25, 0.3) is 0 Å². The van der Waals surface area contributed by atoms with Crippen LogP contribution in [0.15, 0.2) is 11.6 Å². The first-order chi connectivity index (χ1) is 9.42. The van der Waals surface area contributed by atoms with Crippen LogP contribution in [0.5, 0.6) is 0 Å². The SMILES string of the molecule is CC(C)(C)c1cpn([Si](C)(C)n2nc(C(C)(C)C)cp2)n1. The molecule has 2 heterocycles. The van der Waals surface area contributed by atoms with E-state index in [0.717, 1.165) is 0 Å². The molecule has 0 radical (unpaired) electrons. The largest absolute Gasteiger partial charge is 0.313 e. The lowest BCUT2D eigenvalue weighted by molar-refractivity contribution is 0.558. The average molecular weight is 340 g/mol. The Morgan fingerprint density at radius 2 is 1.14 bits per heavy atom. The van der Waals surface area contributed by atoms with Crippen LogP contribution in [0.2, 0.25) is 13.1 Å². The van der Waals surface area contributed by atoms with Gasteiger partial charge in [-0.25, -0.2) is 0 Å². The fourth-order valence-electron chi connectivity index (χ4n) is 1.82. The van der Waals surface area contributed by atoms with Crippen molar-refractivity contribution in [2.24, 2.45) is 0 Å². The molecule has 0 N–H and O–H groups in total. The maximum absolute atomic E-state index is 4.88. The van der Waals surface area contributed by atoms with Crippen LogP contribution in [-0.2, 0) is 10.8 Å². The summed E-state index contributed by atoms with van der Waals surface area (Å²) < 4.78 is 4.51. The van der Waals surface area contributed by atoms with E-state index in [-0.39, 0.29) is 10.8 Å². The molecular formula is C14H26N4P2Si. The van der Waals surface area contributed by atoms with Crippen LogP contribution in [0.3, 0.4) is 0 Å². The van der Waals surface area contributed by atoms with Crippen LogP contribution in [0, 0.1) is 0 Å². The first kappa shape index (κ1) is 16.9. The lowest BCUT2D eigenvalue weighted by atomic mass is 9.94. The Morgan fingerprint density at radius 3 is 1.38 bits per heavy atom. The zero-order valence-electron chi connectivity index (χ0n) is 14.3. The molecule has 0 bridgehead atoms. The molecule has 0 fully saturated rings. The molecule has 0 saturated carbocycles.